The highest BCUT2D eigenvalue weighted by Crippen LogP contribution is 2.34. The van der Waals surface area contributed by atoms with E-state index in [1.165, 1.54) is 6.07 Å². The molecule has 35 heavy (non-hydrogen) atoms. The SMILES string of the molecule is CCCN(CC(=O)N1CCn2cccc2C1c1ccccc1F)C(=O)c1ccc(C(C)(C)C)cc1. The van der Waals surface area contributed by atoms with Crippen LogP contribution in [-0.2, 0) is 16.8 Å². The van der Waals surface area contributed by atoms with E-state index in [1.807, 2.05) is 49.5 Å². The van der Waals surface area contributed by atoms with Gasteiger partial charge < -0.3 is 14.4 Å². The van der Waals surface area contributed by atoms with Crippen molar-refractivity contribution in [3.8, 4) is 0 Å². The van der Waals surface area contributed by atoms with Gasteiger partial charge in [-0.05, 0) is 47.7 Å². The molecule has 1 aromatic heterocycles. The molecule has 0 saturated heterocycles. The second kappa shape index (κ2) is 10.1. The van der Waals surface area contributed by atoms with Crippen molar-refractivity contribution in [2.75, 3.05) is 19.6 Å². The monoisotopic (exact) mass is 475 g/mol. The van der Waals surface area contributed by atoms with Gasteiger partial charge in [0.05, 0.1) is 0 Å². The molecule has 4 rings (SSSR count). The first-order chi connectivity index (χ1) is 16.7. The molecule has 0 N–H and O–H groups in total. The minimum Gasteiger partial charge on any atom is -0.348 e. The number of hydrogen-bond donors (Lipinski definition) is 0. The number of amides is 2. The van der Waals surface area contributed by atoms with E-state index < -0.39 is 6.04 Å². The molecule has 0 saturated carbocycles. The predicted octanol–water partition coefficient (Wildman–Crippen LogP) is 5.41. The minimum atomic E-state index is -0.530. The van der Waals surface area contributed by atoms with Crippen LogP contribution >= 0.6 is 0 Å². The van der Waals surface area contributed by atoms with Crippen LogP contribution in [0.2, 0.25) is 0 Å². The molecule has 0 radical (unpaired) electrons. The number of carbonyl (C=O) groups is 2. The predicted molar refractivity (Wildman–Crippen MR) is 136 cm³/mol. The quantitative estimate of drug-likeness (QED) is 0.479. The zero-order valence-electron chi connectivity index (χ0n) is 21.0. The fourth-order valence-electron chi connectivity index (χ4n) is 4.75. The molecule has 1 aliphatic rings. The van der Waals surface area contributed by atoms with Gasteiger partial charge in [-0.3, -0.25) is 9.59 Å². The van der Waals surface area contributed by atoms with Crippen LogP contribution in [0, 0.1) is 5.82 Å². The Kier molecular flexibility index (Phi) is 7.10. The number of carbonyl (C=O) groups excluding carboxylic acids is 2. The molecular weight excluding hydrogens is 441 g/mol. The van der Waals surface area contributed by atoms with Crippen LogP contribution in [0.15, 0.2) is 66.9 Å². The van der Waals surface area contributed by atoms with Crippen molar-refractivity contribution in [2.24, 2.45) is 0 Å². The lowest BCUT2D eigenvalue weighted by molar-refractivity contribution is -0.134. The molecule has 1 unspecified atom stereocenters. The molecule has 0 aliphatic carbocycles. The van der Waals surface area contributed by atoms with E-state index in [2.05, 4.69) is 25.3 Å². The smallest absolute Gasteiger partial charge is 0.254 e. The Balaban J connectivity index is 1.59. The lowest BCUT2D eigenvalue weighted by Crippen LogP contribution is -2.48. The molecule has 3 aromatic rings. The van der Waals surface area contributed by atoms with Crippen molar-refractivity contribution >= 4 is 11.8 Å². The fraction of sp³-hybridized carbons (Fsp3) is 0.379. The molecule has 2 heterocycles. The van der Waals surface area contributed by atoms with Crippen molar-refractivity contribution in [3.05, 3.63) is 95.1 Å². The van der Waals surface area contributed by atoms with E-state index in [1.54, 1.807) is 28.0 Å². The van der Waals surface area contributed by atoms with Crippen LogP contribution in [0.3, 0.4) is 0 Å². The third-order valence-corrected chi connectivity index (χ3v) is 6.66. The van der Waals surface area contributed by atoms with E-state index in [-0.39, 0.29) is 29.6 Å². The maximum Gasteiger partial charge on any atom is 0.254 e. The van der Waals surface area contributed by atoms with Gasteiger partial charge >= 0.3 is 0 Å². The average Bonchev–Trinajstić information content (AvgIpc) is 3.32. The van der Waals surface area contributed by atoms with Gasteiger partial charge in [-0.25, -0.2) is 4.39 Å². The summed E-state index contributed by atoms with van der Waals surface area (Å²) in [5, 5.41) is 0. The molecule has 184 valence electrons. The lowest BCUT2D eigenvalue weighted by Gasteiger charge is -2.38. The molecule has 2 aromatic carbocycles. The van der Waals surface area contributed by atoms with Crippen molar-refractivity contribution in [2.45, 2.75) is 52.1 Å². The maximum absolute atomic E-state index is 14.8. The molecule has 0 fully saturated rings. The summed E-state index contributed by atoms with van der Waals surface area (Å²) in [5.74, 6) is -0.687. The Bertz CT molecular complexity index is 1190. The van der Waals surface area contributed by atoms with Crippen molar-refractivity contribution < 1.29 is 14.0 Å². The Hall–Kier alpha value is -3.41. The van der Waals surface area contributed by atoms with Gasteiger partial charge in [-0.1, -0.05) is 58.0 Å². The molecular formula is C29H34FN3O2. The van der Waals surface area contributed by atoms with E-state index in [0.717, 1.165) is 17.7 Å². The molecule has 5 nitrogen and oxygen atoms in total. The van der Waals surface area contributed by atoms with Crippen LogP contribution in [0.25, 0.3) is 0 Å². The van der Waals surface area contributed by atoms with Crippen LogP contribution in [0.4, 0.5) is 4.39 Å². The van der Waals surface area contributed by atoms with Crippen molar-refractivity contribution in [1.29, 1.82) is 0 Å². The second-order valence-corrected chi connectivity index (χ2v) is 10.2. The molecule has 1 atom stereocenters. The van der Waals surface area contributed by atoms with Gasteiger partial charge in [0.1, 0.15) is 18.4 Å². The third-order valence-electron chi connectivity index (χ3n) is 6.66. The van der Waals surface area contributed by atoms with Crippen LogP contribution < -0.4 is 0 Å². The first-order valence-electron chi connectivity index (χ1n) is 12.3. The number of benzene rings is 2. The molecule has 0 bridgehead atoms. The number of aromatic nitrogens is 1. The molecule has 2 amide bonds. The Morgan fingerprint density at radius 1 is 1.00 bits per heavy atom. The zero-order chi connectivity index (χ0) is 25.2. The summed E-state index contributed by atoms with van der Waals surface area (Å²) in [6, 6.07) is 17.6. The number of nitrogens with zero attached hydrogens (tertiary/aromatic N) is 3. The van der Waals surface area contributed by atoms with E-state index in [4.69, 9.17) is 0 Å². The minimum absolute atomic E-state index is 0.00566. The fourth-order valence-corrected chi connectivity index (χ4v) is 4.75. The Morgan fingerprint density at radius 2 is 1.71 bits per heavy atom. The lowest BCUT2D eigenvalue weighted by atomic mass is 9.86. The third kappa shape index (κ3) is 5.16. The summed E-state index contributed by atoms with van der Waals surface area (Å²) in [7, 11) is 0. The standard InChI is InChI=1S/C29H34FN3O2/c1-5-16-32(28(35)21-12-14-22(15-13-21)29(2,3)4)20-26(34)33-19-18-31-17-8-11-25(31)27(33)23-9-6-7-10-24(23)30/h6-15,17,27H,5,16,18-20H2,1-4H3. The molecule has 0 spiro atoms. The van der Waals surface area contributed by atoms with Gasteiger partial charge in [-0.15, -0.1) is 0 Å². The molecule has 1 aliphatic heterocycles. The summed E-state index contributed by atoms with van der Waals surface area (Å²) < 4.78 is 16.9. The normalized spacial score (nSPS) is 15.6. The first kappa shape index (κ1) is 24.7. The van der Waals surface area contributed by atoms with Gasteiger partial charge in [0.25, 0.3) is 5.91 Å². The van der Waals surface area contributed by atoms with E-state index in [9.17, 15) is 14.0 Å². The van der Waals surface area contributed by atoms with E-state index >= 15 is 0 Å². The summed E-state index contributed by atoms with van der Waals surface area (Å²) in [6.45, 7) is 9.90. The van der Waals surface area contributed by atoms with Crippen LogP contribution in [0.5, 0.6) is 0 Å². The van der Waals surface area contributed by atoms with Crippen molar-refractivity contribution in [3.63, 3.8) is 0 Å². The summed E-state index contributed by atoms with van der Waals surface area (Å²) in [4.78, 5) is 30.3. The van der Waals surface area contributed by atoms with Gasteiger partial charge in [0.2, 0.25) is 5.91 Å². The second-order valence-electron chi connectivity index (χ2n) is 10.2. The highest BCUT2D eigenvalue weighted by atomic mass is 19.1. The maximum atomic E-state index is 14.8. The topological polar surface area (TPSA) is 45.6 Å². The Morgan fingerprint density at radius 3 is 2.37 bits per heavy atom. The first-order valence-corrected chi connectivity index (χ1v) is 12.3. The van der Waals surface area contributed by atoms with Crippen LogP contribution in [0.1, 0.15) is 67.3 Å². The highest BCUT2D eigenvalue weighted by molar-refractivity contribution is 5.96. The summed E-state index contributed by atoms with van der Waals surface area (Å²) >= 11 is 0. The number of hydrogen-bond acceptors (Lipinski definition) is 2. The number of rotatable bonds is 6. The summed E-state index contributed by atoms with van der Waals surface area (Å²) in [6.07, 6.45) is 2.69. The zero-order valence-corrected chi connectivity index (χ0v) is 21.0. The van der Waals surface area contributed by atoms with E-state index in [0.29, 0.717) is 30.8 Å². The largest absolute Gasteiger partial charge is 0.348 e. The van der Waals surface area contributed by atoms with Gasteiger partial charge in [0, 0.05) is 42.7 Å². The van der Waals surface area contributed by atoms with Crippen molar-refractivity contribution in [1.82, 2.24) is 14.4 Å². The Labute approximate surface area is 207 Å². The van der Waals surface area contributed by atoms with Gasteiger partial charge in [0.15, 0.2) is 0 Å². The number of fused-ring (bicyclic) bond motifs is 1. The van der Waals surface area contributed by atoms with Gasteiger partial charge in [-0.2, -0.15) is 0 Å². The number of halogens is 1. The summed E-state index contributed by atoms with van der Waals surface area (Å²) in [5.41, 5.74) is 3.05. The van der Waals surface area contributed by atoms with Crippen LogP contribution in [-0.4, -0.2) is 45.8 Å². The highest BCUT2D eigenvalue weighted by Gasteiger charge is 2.34. The average molecular weight is 476 g/mol. The molecule has 6 heteroatoms.